The van der Waals surface area contributed by atoms with Crippen LogP contribution in [0.4, 0.5) is 5.82 Å². The van der Waals surface area contributed by atoms with Crippen LogP contribution in [0.1, 0.15) is 19.3 Å². The molecule has 1 aliphatic carbocycles. The predicted molar refractivity (Wildman–Crippen MR) is 68.4 cm³/mol. The van der Waals surface area contributed by atoms with Crippen molar-refractivity contribution in [2.45, 2.75) is 25.4 Å². The number of aromatic nitrogens is 1. The van der Waals surface area contributed by atoms with E-state index in [-0.39, 0.29) is 12.5 Å². The monoisotopic (exact) mass is 312 g/mol. The molecule has 2 heterocycles. The summed E-state index contributed by atoms with van der Waals surface area (Å²) in [5.74, 6) is 0.770. The fourth-order valence-electron chi connectivity index (χ4n) is 2.50. The molecule has 1 atom stereocenters. The zero-order valence-electron chi connectivity index (χ0n) is 9.65. The van der Waals surface area contributed by atoms with Crippen LogP contribution in [0.25, 0.3) is 0 Å². The first kappa shape index (κ1) is 11.9. The van der Waals surface area contributed by atoms with E-state index in [0.717, 1.165) is 23.7 Å². The highest BCUT2D eigenvalue weighted by molar-refractivity contribution is 9.10. The van der Waals surface area contributed by atoms with E-state index < -0.39 is 11.5 Å². The number of nitrogens with one attached hydrogen (secondary N) is 1. The fraction of sp³-hybridized carbons (Fsp3) is 0.500. The number of carbonyl (C=O) groups is 1. The molecule has 5 nitrogen and oxygen atoms in total. The van der Waals surface area contributed by atoms with Crippen molar-refractivity contribution >= 4 is 27.7 Å². The number of pyridine rings is 1. The van der Waals surface area contributed by atoms with Crippen LogP contribution in [0.15, 0.2) is 16.7 Å². The molecule has 0 spiro atoms. The average Bonchev–Trinajstić information content (AvgIpc) is 2.29. The topological polar surface area (TPSA) is 71.5 Å². The second-order valence-electron chi connectivity index (χ2n) is 4.86. The maximum atomic E-state index is 12.0. The molecular formula is C12H13BrN2O3. The lowest BCUT2D eigenvalue weighted by atomic mass is 9.65. The molecular weight excluding hydrogens is 300 g/mol. The summed E-state index contributed by atoms with van der Waals surface area (Å²) in [6.07, 6.45) is 3.64. The van der Waals surface area contributed by atoms with Crippen molar-refractivity contribution in [1.82, 2.24) is 4.98 Å². The van der Waals surface area contributed by atoms with E-state index in [2.05, 4.69) is 26.2 Å². The number of ether oxygens (including phenoxy) is 1. The van der Waals surface area contributed by atoms with Crippen LogP contribution in [-0.2, 0) is 4.79 Å². The third kappa shape index (κ3) is 1.71. The van der Waals surface area contributed by atoms with E-state index in [1.807, 2.05) is 0 Å². The lowest BCUT2D eigenvalue weighted by molar-refractivity contribution is -0.138. The Labute approximate surface area is 113 Å². The molecule has 1 unspecified atom stereocenters. The van der Waals surface area contributed by atoms with E-state index in [4.69, 9.17) is 4.74 Å². The molecule has 0 bridgehead atoms. The summed E-state index contributed by atoms with van der Waals surface area (Å²) in [4.78, 5) is 16.1. The summed E-state index contributed by atoms with van der Waals surface area (Å²) in [7, 11) is 0. The third-order valence-electron chi connectivity index (χ3n) is 3.76. The van der Waals surface area contributed by atoms with Crippen LogP contribution < -0.4 is 10.1 Å². The Morgan fingerprint density at radius 3 is 3.00 bits per heavy atom. The van der Waals surface area contributed by atoms with Crippen LogP contribution in [0.2, 0.25) is 0 Å². The van der Waals surface area contributed by atoms with Crippen LogP contribution in [-0.4, -0.2) is 28.7 Å². The van der Waals surface area contributed by atoms with Crippen molar-refractivity contribution in [3.8, 4) is 5.75 Å². The summed E-state index contributed by atoms with van der Waals surface area (Å²) in [6.45, 7) is -0.0259. The first-order valence-corrected chi connectivity index (χ1v) is 6.68. The molecule has 6 heteroatoms. The van der Waals surface area contributed by atoms with Gasteiger partial charge in [-0.15, -0.1) is 0 Å². The van der Waals surface area contributed by atoms with Crippen LogP contribution in [0.5, 0.6) is 5.75 Å². The fourth-order valence-corrected chi connectivity index (χ4v) is 2.81. The number of amides is 1. The Morgan fingerprint density at radius 1 is 1.61 bits per heavy atom. The molecule has 1 fully saturated rings. The molecule has 1 aliphatic heterocycles. The van der Waals surface area contributed by atoms with Gasteiger partial charge in [0.1, 0.15) is 0 Å². The molecule has 0 radical (unpaired) electrons. The van der Waals surface area contributed by atoms with Gasteiger partial charge in [0.2, 0.25) is 0 Å². The summed E-state index contributed by atoms with van der Waals surface area (Å²) in [5, 5.41) is 12.3. The number of halogens is 1. The highest BCUT2D eigenvalue weighted by Crippen LogP contribution is 2.47. The maximum absolute atomic E-state index is 12.0. The number of nitrogens with zero attached hydrogens (tertiary/aromatic N) is 1. The molecule has 3 rings (SSSR count). The van der Waals surface area contributed by atoms with E-state index in [9.17, 15) is 9.90 Å². The standard InChI is InChI=1S/C12H13BrN2O3/c13-7-4-8-10(14-5-7)15-11(17)9(18-8)12(6-16)2-1-3-12/h4-5,9,16H,1-3,6H2,(H,14,15,17). The molecule has 2 N–H and O–H groups in total. The van der Waals surface area contributed by atoms with E-state index in [1.165, 1.54) is 0 Å². The molecule has 1 aromatic heterocycles. The number of hydrogen-bond acceptors (Lipinski definition) is 4. The Balaban J connectivity index is 1.93. The highest BCUT2D eigenvalue weighted by Gasteiger charge is 2.50. The van der Waals surface area contributed by atoms with Crippen molar-refractivity contribution in [3.63, 3.8) is 0 Å². The summed E-state index contributed by atoms with van der Waals surface area (Å²) < 4.78 is 6.55. The number of rotatable bonds is 2. The smallest absolute Gasteiger partial charge is 0.267 e. The number of aliphatic hydroxyl groups is 1. The lowest BCUT2D eigenvalue weighted by Crippen LogP contribution is -2.55. The average molecular weight is 313 g/mol. The highest BCUT2D eigenvalue weighted by atomic mass is 79.9. The first-order chi connectivity index (χ1) is 8.64. The predicted octanol–water partition coefficient (Wildman–Crippen LogP) is 1.71. The molecule has 1 amide bonds. The quantitative estimate of drug-likeness (QED) is 0.872. The number of anilines is 1. The second kappa shape index (κ2) is 4.20. The van der Waals surface area contributed by atoms with Gasteiger partial charge in [0.25, 0.3) is 5.91 Å². The van der Waals surface area contributed by atoms with Crippen molar-refractivity contribution in [2.75, 3.05) is 11.9 Å². The minimum Gasteiger partial charge on any atom is -0.476 e. The Hall–Kier alpha value is -1.14. The lowest BCUT2D eigenvalue weighted by Gasteiger charge is -2.46. The van der Waals surface area contributed by atoms with Gasteiger partial charge in [-0.2, -0.15) is 0 Å². The van der Waals surface area contributed by atoms with E-state index in [0.29, 0.717) is 11.6 Å². The first-order valence-electron chi connectivity index (χ1n) is 5.89. The second-order valence-corrected chi connectivity index (χ2v) is 5.78. The Bertz CT molecular complexity index is 497. The molecule has 96 valence electrons. The van der Waals surface area contributed by atoms with Gasteiger partial charge in [0.15, 0.2) is 17.7 Å². The molecule has 1 saturated carbocycles. The molecule has 1 aromatic rings. The molecule has 0 aromatic carbocycles. The number of aliphatic hydroxyl groups excluding tert-OH is 1. The zero-order chi connectivity index (χ0) is 12.8. The van der Waals surface area contributed by atoms with Crippen molar-refractivity contribution < 1.29 is 14.6 Å². The van der Waals surface area contributed by atoms with Crippen LogP contribution in [0.3, 0.4) is 0 Å². The number of fused-ring (bicyclic) bond motifs is 1. The van der Waals surface area contributed by atoms with Gasteiger partial charge in [-0.05, 0) is 34.8 Å². The van der Waals surface area contributed by atoms with Crippen molar-refractivity contribution in [1.29, 1.82) is 0 Å². The molecule has 0 saturated heterocycles. The van der Waals surface area contributed by atoms with Crippen molar-refractivity contribution in [3.05, 3.63) is 16.7 Å². The number of hydrogen-bond donors (Lipinski definition) is 2. The van der Waals surface area contributed by atoms with E-state index >= 15 is 0 Å². The minimum atomic E-state index is -0.625. The van der Waals surface area contributed by atoms with E-state index in [1.54, 1.807) is 12.3 Å². The molecule has 18 heavy (non-hydrogen) atoms. The normalized spacial score (nSPS) is 24.6. The van der Waals surface area contributed by atoms with Gasteiger partial charge in [-0.1, -0.05) is 6.42 Å². The Morgan fingerprint density at radius 2 is 2.39 bits per heavy atom. The van der Waals surface area contributed by atoms with Crippen molar-refractivity contribution in [2.24, 2.45) is 5.41 Å². The van der Waals surface area contributed by atoms with Gasteiger partial charge < -0.3 is 15.2 Å². The zero-order valence-corrected chi connectivity index (χ0v) is 11.2. The summed E-state index contributed by atoms with van der Waals surface area (Å²) in [6, 6.07) is 1.78. The Kier molecular flexibility index (Phi) is 2.79. The summed E-state index contributed by atoms with van der Waals surface area (Å²) >= 11 is 3.32. The molecule has 2 aliphatic rings. The van der Waals surface area contributed by atoms with Gasteiger partial charge >= 0.3 is 0 Å². The maximum Gasteiger partial charge on any atom is 0.267 e. The van der Waals surface area contributed by atoms with Gasteiger partial charge in [-0.3, -0.25) is 4.79 Å². The van der Waals surface area contributed by atoms with Crippen LogP contribution >= 0.6 is 15.9 Å². The minimum absolute atomic E-state index is 0.0259. The number of carbonyl (C=O) groups excluding carboxylic acids is 1. The summed E-state index contributed by atoms with van der Waals surface area (Å²) in [5.41, 5.74) is -0.426. The van der Waals surface area contributed by atoms with Crippen LogP contribution in [0, 0.1) is 5.41 Å². The third-order valence-corrected chi connectivity index (χ3v) is 4.20. The largest absolute Gasteiger partial charge is 0.476 e. The van der Waals surface area contributed by atoms with Gasteiger partial charge in [-0.25, -0.2) is 4.98 Å². The van der Waals surface area contributed by atoms with Gasteiger partial charge in [0, 0.05) is 16.1 Å². The SMILES string of the molecule is O=C1Nc2ncc(Br)cc2OC1C1(CO)CCC1. The van der Waals surface area contributed by atoms with Gasteiger partial charge in [0.05, 0.1) is 6.61 Å².